The van der Waals surface area contributed by atoms with Gasteiger partial charge in [0.25, 0.3) is 5.91 Å². The SMILES string of the molecule is CC(C)(C)OC(=O)N1CCCN(CCONC(=O)[C@@H]2CC[C@@H]3CN2C(=O)N3O)CC1. The molecule has 3 aliphatic rings. The molecular formula is C19H33N5O6. The summed E-state index contributed by atoms with van der Waals surface area (Å²) in [6.07, 6.45) is 1.62. The zero-order chi connectivity index (χ0) is 21.9. The van der Waals surface area contributed by atoms with Crippen molar-refractivity contribution in [3.8, 4) is 0 Å². The largest absolute Gasteiger partial charge is 0.444 e. The fourth-order valence-electron chi connectivity index (χ4n) is 3.99. The van der Waals surface area contributed by atoms with Crippen molar-refractivity contribution >= 4 is 18.0 Å². The summed E-state index contributed by atoms with van der Waals surface area (Å²) in [5.74, 6) is -0.371. The zero-order valence-corrected chi connectivity index (χ0v) is 18.0. The number of hydrogen-bond acceptors (Lipinski definition) is 7. The number of carbonyl (C=O) groups is 3. The van der Waals surface area contributed by atoms with Crippen molar-refractivity contribution in [2.45, 2.75) is 57.7 Å². The molecule has 3 heterocycles. The van der Waals surface area contributed by atoms with Crippen LogP contribution in [0.1, 0.15) is 40.0 Å². The summed E-state index contributed by atoms with van der Waals surface area (Å²) in [5.41, 5.74) is 1.92. The van der Waals surface area contributed by atoms with E-state index in [-0.39, 0.29) is 18.0 Å². The smallest absolute Gasteiger partial charge is 0.410 e. The van der Waals surface area contributed by atoms with Crippen molar-refractivity contribution in [3.05, 3.63) is 0 Å². The van der Waals surface area contributed by atoms with Crippen LogP contribution in [0, 0.1) is 0 Å². The number of nitrogens with zero attached hydrogens (tertiary/aromatic N) is 4. The second kappa shape index (κ2) is 9.36. The van der Waals surface area contributed by atoms with Crippen LogP contribution < -0.4 is 5.48 Å². The van der Waals surface area contributed by atoms with E-state index in [1.165, 1.54) is 4.90 Å². The molecule has 0 unspecified atom stereocenters. The van der Waals surface area contributed by atoms with Gasteiger partial charge in [-0.3, -0.25) is 19.7 Å². The molecule has 0 aromatic heterocycles. The molecule has 3 rings (SSSR count). The first-order chi connectivity index (χ1) is 14.2. The highest BCUT2D eigenvalue weighted by atomic mass is 16.7. The summed E-state index contributed by atoms with van der Waals surface area (Å²) in [6, 6.07) is -1.38. The number of amides is 4. The van der Waals surface area contributed by atoms with Crippen LogP contribution in [0.4, 0.5) is 9.59 Å². The van der Waals surface area contributed by atoms with Gasteiger partial charge in [0, 0.05) is 32.7 Å². The number of carbonyl (C=O) groups excluding carboxylic acids is 3. The molecule has 0 aliphatic carbocycles. The predicted molar refractivity (Wildman–Crippen MR) is 105 cm³/mol. The minimum absolute atomic E-state index is 0.231. The molecule has 0 spiro atoms. The number of hydroxylamine groups is 3. The Labute approximate surface area is 176 Å². The lowest BCUT2D eigenvalue weighted by Crippen LogP contribution is -2.50. The van der Waals surface area contributed by atoms with Gasteiger partial charge in [0.1, 0.15) is 11.6 Å². The highest BCUT2D eigenvalue weighted by Gasteiger charge is 2.46. The van der Waals surface area contributed by atoms with Crippen molar-refractivity contribution in [1.29, 1.82) is 0 Å². The van der Waals surface area contributed by atoms with Crippen molar-refractivity contribution in [1.82, 2.24) is 25.2 Å². The molecule has 11 nitrogen and oxygen atoms in total. The molecule has 3 saturated heterocycles. The second-order valence-corrected chi connectivity index (χ2v) is 9.00. The van der Waals surface area contributed by atoms with Gasteiger partial charge in [-0.05, 0) is 46.6 Å². The molecule has 3 fully saturated rings. The number of piperidine rings is 1. The number of rotatable bonds is 5. The van der Waals surface area contributed by atoms with Gasteiger partial charge >= 0.3 is 12.1 Å². The van der Waals surface area contributed by atoms with E-state index in [2.05, 4.69) is 10.4 Å². The topological polar surface area (TPSA) is 115 Å². The quantitative estimate of drug-likeness (QED) is 0.376. The van der Waals surface area contributed by atoms with Crippen molar-refractivity contribution in [3.63, 3.8) is 0 Å². The minimum Gasteiger partial charge on any atom is -0.444 e. The van der Waals surface area contributed by atoms with Crippen LogP contribution in [0.5, 0.6) is 0 Å². The third kappa shape index (κ3) is 5.52. The van der Waals surface area contributed by atoms with Gasteiger partial charge in [0.2, 0.25) is 0 Å². The standard InChI is InChI=1S/C19H33N5O6/c1-19(2,3)30-18(27)22-8-4-7-21(9-10-22)11-12-29-20-16(25)15-6-5-14-13-23(15)17(26)24(14)28/h14-15,28H,4-13H2,1-3H3,(H,20,25)/t14-,15+/m1/s1. The highest BCUT2D eigenvalue weighted by Crippen LogP contribution is 2.28. The predicted octanol–water partition coefficient (Wildman–Crippen LogP) is 0.635. The molecule has 11 heteroatoms. The van der Waals surface area contributed by atoms with Gasteiger partial charge in [0.05, 0.1) is 12.6 Å². The summed E-state index contributed by atoms with van der Waals surface area (Å²) in [4.78, 5) is 47.2. The minimum atomic E-state index is -0.619. The Kier molecular flexibility index (Phi) is 7.04. The molecule has 4 amide bonds. The van der Waals surface area contributed by atoms with Crippen molar-refractivity contribution in [2.24, 2.45) is 0 Å². The Morgan fingerprint density at radius 2 is 1.93 bits per heavy atom. The lowest BCUT2D eigenvalue weighted by molar-refractivity contribution is -0.139. The van der Waals surface area contributed by atoms with E-state index >= 15 is 0 Å². The molecule has 170 valence electrons. The molecule has 0 radical (unpaired) electrons. The molecule has 3 aliphatic heterocycles. The number of ether oxygens (including phenoxy) is 1. The number of nitrogens with one attached hydrogen (secondary N) is 1. The molecule has 0 aromatic rings. The van der Waals surface area contributed by atoms with E-state index in [9.17, 15) is 19.6 Å². The van der Waals surface area contributed by atoms with Gasteiger partial charge in [-0.15, -0.1) is 0 Å². The van der Waals surface area contributed by atoms with Crippen molar-refractivity contribution in [2.75, 3.05) is 45.9 Å². The number of fused-ring (bicyclic) bond motifs is 2. The van der Waals surface area contributed by atoms with Crippen LogP contribution in [-0.2, 0) is 14.4 Å². The Morgan fingerprint density at radius 1 is 1.17 bits per heavy atom. The van der Waals surface area contributed by atoms with Crippen LogP contribution >= 0.6 is 0 Å². The summed E-state index contributed by atoms with van der Waals surface area (Å²) in [5, 5.41) is 10.4. The summed E-state index contributed by atoms with van der Waals surface area (Å²) < 4.78 is 5.44. The summed E-state index contributed by atoms with van der Waals surface area (Å²) in [7, 11) is 0. The van der Waals surface area contributed by atoms with Crippen LogP contribution in [0.25, 0.3) is 0 Å². The van der Waals surface area contributed by atoms with Crippen LogP contribution in [-0.4, -0.2) is 107 Å². The van der Waals surface area contributed by atoms with Gasteiger partial charge < -0.3 is 14.5 Å². The molecule has 2 atom stereocenters. The lowest BCUT2D eigenvalue weighted by Gasteiger charge is -2.29. The maximum Gasteiger partial charge on any atom is 0.410 e. The van der Waals surface area contributed by atoms with E-state index in [0.29, 0.717) is 57.2 Å². The van der Waals surface area contributed by atoms with Crippen molar-refractivity contribution < 1.29 is 29.2 Å². The fourth-order valence-corrected chi connectivity index (χ4v) is 3.99. The lowest BCUT2D eigenvalue weighted by atomic mass is 10.0. The third-order valence-corrected chi connectivity index (χ3v) is 5.57. The van der Waals surface area contributed by atoms with Crippen LogP contribution in [0.3, 0.4) is 0 Å². The zero-order valence-electron chi connectivity index (χ0n) is 18.0. The first kappa shape index (κ1) is 22.6. The average Bonchev–Trinajstić information content (AvgIpc) is 2.86. The maximum absolute atomic E-state index is 12.4. The molecule has 2 bridgehead atoms. The molecule has 0 saturated carbocycles. The van der Waals surface area contributed by atoms with Crippen LogP contribution in [0.2, 0.25) is 0 Å². The Hall–Kier alpha value is -2.11. The normalized spacial score (nSPS) is 25.3. The molecule has 2 N–H and O–H groups in total. The highest BCUT2D eigenvalue weighted by molar-refractivity contribution is 5.87. The third-order valence-electron chi connectivity index (χ3n) is 5.57. The Bertz CT molecular complexity index is 654. The van der Waals surface area contributed by atoms with Gasteiger partial charge in [0.15, 0.2) is 0 Å². The van der Waals surface area contributed by atoms with E-state index < -0.39 is 17.7 Å². The number of urea groups is 1. The van der Waals surface area contributed by atoms with Gasteiger partial charge in [-0.25, -0.2) is 20.1 Å². The maximum atomic E-state index is 12.4. The first-order valence-corrected chi connectivity index (χ1v) is 10.6. The average molecular weight is 428 g/mol. The summed E-state index contributed by atoms with van der Waals surface area (Å²) >= 11 is 0. The Morgan fingerprint density at radius 3 is 2.67 bits per heavy atom. The fraction of sp³-hybridized carbons (Fsp3) is 0.842. The molecule has 30 heavy (non-hydrogen) atoms. The van der Waals surface area contributed by atoms with E-state index in [1.54, 1.807) is 4.90 Å². The van der Waals surface area contributed by atoms with E-state index in [0.717, 1.165) is 13.0 Å². The van der Waals surface area contributed by atoms with Crippen LogP contribution in [0.15, 0.2) is 0 Å². The van der Waals surface area contributed by atoms with Gasteiger partial charge in [-0.1, -0.05) is 0 Å². The van der Waals surface area contributed by atoms with Gasteiger partial charge in [-0.2, -0.15) is 0 Å². The second-order valence-electron chi connectivity index (χ2n) is 9.00. The monoisotopic (exact) mass is 427 g/mol. The first-order valence-electron chi connectivity index (χ1n) is 10.6. The number of hydrogen-bond donors (Lipinski definition) is 2. The van der Waals surface area contributed by atoms with E-state index in [1.807, 2.05) is 20.8 Å². The van der Waals surface area contributed by atoms with E-state index in [4.69, 9.17) is 9.57 Å². The Balaban J connectivity index is 1.35. The molecule has 0 aromatic carbocycles. The molecular weight excluding hydrogens is 394 g/mol. The summed E-state index contributed by atoms with van der Waals surface area (Å²) in [6.45, 7) is 9.59.